The van der Waals surface area contributed by atoms with Crippen molar-refractivity contribution in [2.24, 2.45) is 0 Å². The summed E-state index contributed by atoms with van der Waals surface area (Å²) in [5.41, 5.74) is 1.85. The predicted molar refractivity (Wildman–Crippen MR) is 110 cm³/mol. The van der Waals surface area contributed by atoms with E-state index in [1.165, 1.54) is 11.3 Å². The molecule has 1 amide bonds. The molecule has 1 aromatic rings. The molecule has 2 saturated heterocycles. The number of nitrogens with one attached hydrogen (secondary N) is 1. The summed E-state index contributed by atoms with van der Waals surface area (Å²) in [6, 6.07) is 5.86. The minimum Gasteiger partial charge on any atom is -0.335 e. The predicted octanol–water partition coefficient (Wildman–Crippen LogP) is 0.984. The Balaban J connectivity index is 1.59. The van der Waals surface area contributed by atoms with Gasteiger partial charge in [-0.25, -0.2) is 8.42 Å². The molecule has 0 bridgehead atoms. The largest absolute Gasteiger partial charge is 0.335 e. The highest BCUT2D eigenvalue weighted by Crippen LogP contribution is 2.21. The van der Waals surface area contributed by atoms with E-state index >= 15 is 0 Å². The van der Waals surface area contributed by atoms with E-state index in [4.69, 9.17) is 0 Å². The molecule has 0 radical (unpaired) electrons. The number of piperidine rings is 1. The Kier molecular flexibility index (Phi) is 6.78. The summed E-state index contributed by atoms with van der Waals surface area (Å²) < 4.78 is 27.6. The lowest BCUT2D eigenvalue weighted by molar-refractivity contribution is -0.896. The second-order valence-electron chi connectivity index (χ2n) is 8.24. The number of piperazine rings is 1. The molecule has 2 heterocycles. The van der Waals surface area contributed by atoms with Gasteiger partial charge in [0, 0.05) is 12.6 Å². The van der Waals surface area contributed by atoms with Gasteiger partial charge in [0.05, 0.1) is 31.1 Å². The molecular formula is C21H34N3O3S+. The maximum atomic E-state index is 13.0. The number of benzene rings is 1. The van der Waals surface area contributed by atoms with Crippen molar-refractivity contribution in [2.75, 3.05) is 39.3 Å². The van der Waals surface area contributed by atoms with Crippen LogP contribution >= 0.6 is 0 Å². The molecule has 1 aromatic carbocycles. The third-order valence-corrected chi connectivity index (χ3v) is 8.26. The summed E-state index contributed by atoms with van der Waals surface area (Å²) in [5.74, 6) is 0.229. The molecule has 1 N–H and O–H groups in total. The van der Waals surface area contributed by atoms with Gasteiger partial charge in [-0.1, -0.05) is 24.6 Å². The normalized spacial score (nSPS) is 22.4. The minimum absolute atomic E-state index is 0.229. The van der Waals surface area contributed by atoms with E-state index in [0.717, 1.165) is 36.9 Å². The quantitative estimate of drug-likeness (QED) is 0.790. The molecule has 2 fully saturated rings. The number of sulfonamides is 1. The second kappa shape index (κ2) is 8.93. The maximum Gasteiger partial charge on any atom is 0.278 e. The van der Waals surface area contributed by atoms with E-state index < -0.39 is 10.0 Å². The second-order valence-corrected chi connectivity index (χ2v) is 10.2. The Morgan fingerprint density at radius 1 is 1.14 bits per heavy atom. The van der Waals surface area contributed by atoms with E-state index in [1.807, 2.05) is 26.0 Å². The fraction of sp³-hybridized carbons (Fsp3) is 0.667. The first-order valence-electron chi connectivity index (χ1n) is 10.5. The van der Waals surface area contributed by atoms with Crippen LogP contribution < -0.4 is 4.90 Å². The van der Waals surface area contributed by atoms with Crippen LogP contribution in [0, 0.1) is 13.8 Å². The SMILES string of the molecule is CC[C@@H]1CCCCN1C(=O)C[NH+]1CCN(S(=O)(=O)c2ccc(C)cc2C)CC1. The average Bonchev–Trinajstić information content (AvgIpc) is 2.68. The highest BCUT2D eigenvalue weighted by molar-refractivity contribution is 7.89. The Hall–Kier alpha value is -1.44. The number of rotatable bonds is 5. The monoisotopic (exact) mass is 408 g/mol. The van der Waals surface area contributed by atoms with E-state index in [2.05, 4.69) is 11.8 Å². The summed E-state index contributed by atoms with van der Waals surface area (Å²) in [5, 5.41) is 0. The summed E-state index contributed by atoms with van der Waals surface area (Å²) in [7, 11) is -3.47. The fourth-order valence-corrected chi connectivity index (χ4v) is 6.16. The van der Waals surface area contributed by atoms with Gasteiger partial charge in [0.15, 0.2) is 6.54 Å². The van der Waals surface area contributed by atoms with Crippen LogP contribution in [0.2, 0.25) is 0 Å². The molecular weight excluding hydrogens is 374 g/mol. The maximum absolute atomic E-state index is 13.0. The highest BCUT2D eigenvalue weighted by Gasteiger charge is 2.34. The minimum atomic E-state index is -3.47. The van der Waals surface area contributed by atoms with Crippen molar-refractivity contribution < 1.29 is 18.1 Å². The summed E-state index contributed by atoms with van der Waals surface area (Å²) in [4.78, 5) is 16.4. The Bertz CT molecular complexity index is 801. The van der Waals surface area contributed by atoms with Gasteiger partial charge in [-0.2, -0.15) is 4.31 Å². The van der Waals surface area contributed by atoms with Gasteiger partial charge in [-0.05, 0) is 51.2 Å². The number of likely N-dealkylation sites (tertiary alicyclic amines) is 1. The smallest absolute Gasteiger partial charge is 0.278 e. The summed E-state index contributed by atoms with van der Waals surface area (Å²) >= 11 is 0. The molecule has 2 aliphatic heterocycles. The van der Waals surface area contributed by atoms with Gasteiger partial charge in [-0.15, -0.1) is 0 Å². The zero-order chi connectivity index (χ0) is 20.3. The van der Waals surface area contributed by atoms with E-state index in [0.29, 0.717) is 43.7 Å². The van der Waals surface area contributed by atoms with Crippen molar-refractivity contribution in [3.05, 3.63) is 29.3 Å². The molecule has 7 heteroatoms. The number of nitrogens with zero attached hydrogens (tertiary/aromatic N) is 2. The van der Waals surface area contributed by atoms with Gasteiger partial charge in [0.25, 0.3) is 5.91 Å². The summed E-state index contributed by atoms with van der Waals surface area (Å²) in [6.07, 6.45) is 4.44. The molecule has 0 unspecified atom stereocenters. The van der Waals surface area contributed by atoms with E-state index in [9.17, 15) is 13.2 Å². The van der Waals surface area contributed by atoms with Crippen LogP contribution in [-0.2, 0) is 14.8 Å². The molecule has 3 rings (SSSR count). The summed E-state index contributed by atoms with van der Waals surface area (Å²) in [6.45, 7) is 9.62. The van der Waals surface area contributed by atoms with Gasteiger partial charge >= 0.3 is 0 Å². The number of carbonyl (C=O) groups is 1. The lowest BCUT2D eigenvalue weighted by Crippen LogP contribution is -3.15. The lowest BCUT2D eigenvalue weighted by atomic mass is 10.00. The molecule has 6 nitrogen and oxygen atoms in total. The highest BCUT2D eigenvalue weighted by atomic mass is 32.2. The van der Waals surface area contributed by atoms with Crippen molar-refractivity contribution in [1.29, 1.82) is 0 Å². The molecule has 0 spiro atoms. The van der Waals surface area contributed by atoms with Crippen molar-refractivity contribution >= 4 is 15.9 Å². The number of quaternary nitrogens is 1. The Morgan fingerprint density at radius 3 is 2.50 bits per heavy atom. The third-order valence-electron chi connectivity index (χ3n) is 6.20. The molecule has 1 atom stereocenters. The number of amides is 1. The van der Waals surface area contributed by atoms with Crippen LogP contribution in [0.4, 0.5) is 0 Å². The number of carbonyl (C=O) groups excluding carboxylic acids is 1. The van der Waals surface area contributed by atoms with Crippen molar-refractivity contribution in [3.8, 4) is 0 Å². The van der Waals surface area contributed by atoms with Crippen LogP contribution in [-0.4, -0.2) is 68.8 Å². The van der Waals surface area contributed by atoms with Crippen molar-refractivity contribution in [2.45, 2.75) is 57.4 Å². The van der Waals surface area contributed by atoms with Gasteiger partial charge in [0.1, 0.15) is 0 Å². The van der Waals surface area contributed by atoms with Gasteiger partial charge in [-0.3, -0.25) is 4.79 Å². The Labute approximate surface area is 169 Å². The molecule has 0 aliphatic carbocycles. The topological polar surface area (TPSA) is 62.1 Å². The van der Waals surface area contributed by atoms with Crippen LogP contribution in [0.1, 0.15) is 43.7 Å². The zero-order valence-electron chi connectivity index (χ0n) is 17.4. The van der Waals surface area contributed by atoms with Crippen LogP contribution in [0.25, 0.3) is 0 Å². The molecule has 28 heavy (non-hydrogen) atoms. The van der Waals surface area contributed by atoms with Gasteiger partial charge < -0.3 is 9.80 Å². The standard InChI is InChI=1S/C21H33N3O3S/c1-4-19-7-5-6-10-24(19)21(25)16-22-11-13-23(14-12-22)28(26,27)20-9-8-17(2)15-18(20)3/h8-9,15,19H,4-7,10-14,16H2,1-3H3/p+1/t19-/m1/s1. The molecule has 0 aromatic heterocycles. The van der Waals surface area contributed by atoms with Gasteiger partial charge in [0.2, 0.25) is 10.0 Å². The molecule has 0 saturated carbocycles. The number of hydrogen-bond acceptors (Lipinski definition) is 3. The Morgan fingerprint density at radius 2 is 1.86 bits per heavy atom. The van der Waals surface area contributed by atoms with Crippen LogP contribution in [0.5, 0.6) is 0 Å². The van der Waals surface area contributed by atoms with Crippen molar-refractivity contribution in [3.63, 3.8) is 0 Å². The van der Waals surface area contributed by atoms with Crippen molar-refractivity contribution in [1.82, 2.24) is 9.21 Å². The van der Waals surface area contributed by atoms with Crippen LogP contribution in [0.3, 0.4) is 0 Å². The molecule has 2 aliphatic rings. The zero-order valence-corrected chi connectivity index (χ0v) is 18.2. The average molecular weight is 409 g/mol. The molecule has 156 valence electrons. The number of hydrogen-bond donors (Lipinski definition) is 1. The number of aryl methyl sites for hydroxylation is 2. The first kappa shape index (κ1) is 21.3. The van der Waals surface area contributed by atoms with Crippen LogP contribution in [0.15, 0.2) is 23.1 Å². The fourth-order valence-electron chi connectivity index (χ4n) is 4.52. The van der Waals surface area contributed by atoms with E-state index in [-0.39, 0.29) is 5.91 Å². The first-order chi connectivity index (χ1) is 13.3. The van der Waals surface area contributed by atoms with E-state index in [1.54, 1.807) is 10.4 Å². The first-order valence-corrected chi connectivity index (χ1v) is 12.0. The lowest BCUT2D eigenvalue weighted by Gasteiger charge is -2.37. The third kappa shape index (κ3) is 4.58.